The van der Waals surface area contributed by atoms with Crippen LogP contribution in [0, 0.1) is 19.8 Å². The Bertz CT molecular complexity index is 1570. The minimum Gasteiger partial charge on any atom is -0.329 e. The van der Waals surface area contributed by atoms with Gasteiger partial charge in [0, 0.05) is 12.1 Å². The highest BCUT2D eigenvalue weighted by molar-refractivity contribution is 5.94. The van der Waals surface area contributed by atoms with Gasteiger partial charge in [0.05, 0.1) is 28.2 Å². The Balaban J connectivity index is 1.91. The molecule has 0 aliphatic rings. The van der Waals surface area contributed by atoms with E-state index in [0.29, 0.717) is 28.8 Å². The molecule has 39 heavy (non-hydrogen) atoms. The summed E-state index contributed by atoms with van der Waals surface area (Å²) < 4.78 is 41.8. The van der Waals surface area contributed by atoms with Gasteiger partial charge in [0.25, 0.3) is 11.5 Å². The number of amides is 1. The molecule has 4 rings (SSSR count). The van der Waals surface area contributed by atoms with Gasteiger partial charge in [-0.3, -0.25) is 14.2 Å². The number of rotatable bonds is 7. The highest BCUT2D eigenvalue weighted by Gasteiger charge is 2.33. The van der Waals surface area contributed by atoms with Crippen molar-refractivity contribution in [1.82, 2.24) is 14.5 Å². The first-order valence-electron chi connectivity index (χ1n) is 13.0. The molecule has 1 heterocycles. The number of hydrogen-bond acceptors (Lipinski definition) is 3. The first-order valence-corrected chi connectivity index (χ1v) is 13.0. The second kappa shape index (κ2) is 11.0. The molecule has 0 N–H and O–H groups in total. The zero-order chi connectivity index (χ0) is 28.5. The van der Waals surface area contributed by atoms with E-state index in [4.69, 9.17) is 4.98 Å². The molecule has 1 amide bonds. The van der Waals surface area contributed by atoms with Crippen molar-refractivity contribution in [3.05, 3.63) is 105 Å². The highest BCUT2D eigenvalue weighted by atomic mass is 19.4. The van der Waals surface area contributed by atoms with E-state index >= 15 is 0 Å². The van der Waals surface area contributed by atoms with Crippen molar-refractivity contribution in [2.75, 3.05) is 6.54 Å². The summed E-state index contributed by atoms with van der Waals surface area (Å²) >= 11 is 0. The van der Waals surface area contributed by atoms with Gasteiger partial charge in [-0.1, -0.05) is 49.7 Å². The average Bonchev–Trinajstić information content (AvgIpc) is 2.88. The van der Waals surface area contributed by atoms with Gasteiger partial charge in [-0.05, 0) is 75.1 Å². The third-order valence-corrected chi connectivity index (χ3v) is 6.88. The minimum absolute atomic E-state index is 0.0679. The lowest BCUT2D eigenvalue weighted by molar-refractivity contribution is -0.137. The van der Waals surface area contributed by atoms with Crippen LogP contribution in [0.4, 0.5) is 13.2 Å². The van der Waals surface area contributed by atoms with Crippen LogP contribution >= 0.6 is 0 Å². The Hall–Kier alpha value is -3.94. The van der Waals surface area contributed by atoms with Gasteiger partial charge in [0.1, 0.15) is 5.82 Å². The van der Waals surface area contributed by atoms with E-state index in [-0.39, 0.29) is 23.6 Å². The zero-order valence-electron chi connectivity index (χ0n) is 22.7. The van der Waals surface area contributed by atoms with E-state index < -0.39 is 23.7 Å². The van der Waals surface area contributed by atoms with Crippen LogP contribution < -0.4 is 5.56 Å². The zero-order valence-corrected chi connectivity index (χ0v) is 22.7. The maximum atomic E-state index is 13.9. The Kier molecular flexibility index (Phi) is 7.95. The van der Waals surface area contributed by atoms with Crippen LogP contribution in [0.1, 0.15) is 66.1 Å². The van der Waals surface area contributed by atoms with Crippen molar-refractivity contribution in [3.8, 4) is 5.69 Å². The maximum Gasteiger partial charge on any atom is 0.416 e. The number of carbonyl (C=O) groups excluding carboxylic acids is 1. The molecule has 0 radical (unpaired) electrons. The summed E-state index contributed by atoms with van der Waals surface area (Å²) in [4.78, 5) is 34.0. The first-order chi connectivity index (χ1) is 18.4. The van der Waals surface area contributed by atoms with Crippen LogP contribution in [-0.4, -0.2) is 26.9 Å². The molecule has 0 spiro atoms. The topological polar surface area (TPSA) is 55.2 Å². The van der Waals surface area contributed by atoms with Crippen molar-refractivity contribution in [2.24, 2.45) is 5.92 Å². The molecule has 0 aliphatic carbocycles. The quantitative estimate of drug-likeness (QED) is 0.250. The number of benzene rings is 3. The van der Waals surface area contributed by atoms with E-state index in [1.165, 1.54) is 21.6 Å². The molecule has 1 unspecified atom stereocenters. The Morgan fingerprint density at radius 2 is 1.69 bits per heavy atom. The van der Waals surface area contributed by atoms with Crippen molar-refractivity contribution >= 4 is 16.8 Å². The number of para-hydroxylation sites is 1. The van der Waals surface area contributed by atoms with E-state index in [0.717, 1.165) is 23.3 Å². The van der Waals surface area contributed by atoms with Gasteiger partial charge >= 0.3 is 6.18 Å². The average molecular weight is 536 g/mol. The second-order valence-electron chi connectivity index (χ2n) is 10.4. The molecular weight excluding hydrogens is 503 g/mol. The summed E-state index contributed by atoms with van der Waals surface area (Å²) in [6.07, 6.45) is -3.95. The number of aromatic nitrogens is 2. The van der Waals surface area contributed by atoms with Gasteiger partial charge in [-0.25, -0.2) is 4.98 Å². The number of alkyl halides is 3. The number of aryl methyl sites for hydroxylation is 2. The number of hydrogen-bond donors (Lipinski definition) is 0. The Morgan fingerprint density at radius 3 is 2.36 bits per heavy atom. The van der Waals surface area contributed by atoms with E-state index in [1.807, 2.05) is 45.9 Å². The third kappa shape index (κ3) is 5.90. The van der Waals surface area contributed by atoms with Crippen LogP contribution in [0.5, 0.6) is 0 Å². The third-order valence-electron chi connectivity index (χ3n) is 6.88. The molecular formula is C31H32F3N3O2. The molecule has 0 saturated heterocycles. The summed E-state index contributed by atoms with van der Waals surface area (Å²) in [5, 5.41) is 0.436. The van der Waals surface area contributed by atoms with Crippen LogP contribution in [-0.2, 0) is 6.18 Å². The monoisotopic (exact) mass is 535 g/mol. The largest absolute Gasteiger partial charge is 0.416 e. The van der Waals surface area contributed by atoms with Gasteiger partial charge in [-0.15, -0.1) is 0 Å². The van der Waals surface area contributed by atoms with Gasteiger partial charge in [0.2, 0.25) is 0 Å². The van der Waals surface area contributed by atoms with Crippen LogP contribution in [0.2, 0.25) is 0 Å². The Morgan fingerprint density at radius 1 is 0.974 bits per heavy atom. The van der Waals surface area contributed by atoms with Crippen molar-refractivity contribution in [2.45, 2.75) is 53.3 Å². The molecule has 4 aromatic rings. The summed E-state index contributed by atoms with van der Waals surface area (Å²) in [5.41, 5.74) is 1.79. The fraction of sp³-hybridized carbons (Fsp3) is 0.323. The van der Waals surface area contributed by atoms with E-state index in [1.54, 1.807) is 31.2 Å². The summed E-state index contributed by atoms with van der Waals surface area (Å²) in [5.74, 6) is 0.0266. The van der Waals surface area contributed by atoms with E-state index in [2.05, 4.69) is 0 Å². The molecule has 5 nitrogen and oxygen atoms in total. The molecule has 0 fully saturated rings. The van der Waals surface area contributed by atoms with E-state index in [9.17, 15) is 22.8 Å². The second-order valence-corrected chi connectivity index (χ2v) is 10.4. The number of carbonyl (C=O) groups is 1. The molecule has 0 bridgehead atoms. The number of fused-ring (bicyclic) bond motifs is 1. The standard InChI is InChI=1S/C31H32F3N3O2/c1-19(2)15-16-36(29(38)23-9-8-10-24(18-23)31(32,33)34)22(5)28-35-26-12-7-6-11-25(26)30(39)37(28)27-14-13-20(3)17-21(27)4/h6-14,17-19,22H,15-16H2,1-5H3. The summed E-state index contributed by atoms with van der Waals surface area (Å²) in [7, 11) is 0. The maximum absolute atomic E-state index is 13.9. The lowest BCUT2D eigenvalue weighted by atomic mass is 10.1. The van der Waals surface area contributed by atoms with Crippen molar-refractivity contribution in [1.29, 1.82) is 0 Å². The van der Waals surface area contributed by atoms with Crippen LogP contribution in [0.15, 0.2) is 71.5 Å². The molecule has 0 saturated carbocycles. The van der Waals surface area contributed by atoms with Crippen LogP contribution in [0.25, 0.3) is 16.6 Å². The lowest BCUT2D eigenvalue weighted by Crippen LogP contribution is -2.38. The molecule has 1 atom stereocenters. The van der Waals surface area contributed by atoms with Crippen molar-refractivity contribution < 1.29 is 18.0 Å². The minimum atomic E-state index is -4.58. The normalized spacial score (nSPS) is 12.6. The predicted molar refractivity (Wildman–Crippen MR) is 147 cm³/mol. The molecule has 1 aromatic heterocycles. The molecule has 3 aromatic carbocycles. The fourth-order valence-electron chi connectivity index (χ4n) is 4.72. The van der Waals surface area contributed by atoms with Gasteiger partial charge in [0.15, 0.2) is 0 Å². The highest BCUT2D eigenvalue weighted by Crippen LogP contribution is 2.31. The smallest absolute Gasteiger partial charge is 0.329 e. The molecule has 8 heteroatoms. The molecule has 204 valence electrons. The van der Waals surface area contributed by atoms with Gasteiger partial charge in [-0.2, -0.15) is 13.2 Å². The number of halogens is 3. The summed E-state index contributed by atoms with van der Waals surface area (Å²) in [6, 6.07) is 16.5. The van der Waals surface area contributed by atoms with Crippen LogP contribution in [0.3, 0.4) is 0 Å². The lowest BCUT2D eigenvalue weighted by Gasteiger charge is -2.31. The first kappa shape index (κ1) is 28.1. The number of nitrogens with zero attached hydrogens (tertiary/aromatic N) is 3. The summed E-state index contributed by atoms with van der Waals surface area (Å²) in [6.45, 7) is 9.94. The predicted octanol–water partition coefficient (Wildman–Crippen LogP) is 7.27. The van der Waals surface area contributed by atoms with Gasteiger partial charge < -0.3 is 4.90 Å². The SMILES string of the molecule is Cc1ccc(-n2c(C(C)N(CCC(C)C)C(=O)c3cccc(C(F)(F)F)c3)nc3ccccc3c2=O)c(C)c1. The Labute approximate surface area is 225 Å². The fourth-order valence-corrected chi connectivity index (χ4v) is 4.72. The van der Waals surface area contributed by atoms with Crippen molar-refractivity contribution in [3.63, 3.8) is 0 Å². The molecule has 0 aliphatic heterocycles.